The van der Waals surface area contributed by atoms with Gasteiger partial charge in [-0.05, 0) is 52.5 Å². The van der Waals surface area contributed by atoms with E-state index in [2.05, 4.69) is 18.9 Å². The first-order valence-corrected chi connectivity index (χ1v) is 6.26. The third-order valence-electron chi connectivity index (χ3n) is 3.83. The zero-order chi connectivity index (χ0) is 12.3. The number of carboxylic acids is 1. The molecule has 0 aromatic rings. The van der Waals surface area contributed by atoms with Crippen molar-refractivity contribution in [2.75, 3.05) is 13.6 Å². The van der Waals surface area contributed by atoms with Gasteiger partial charge in [0.05, 0.1) is 5.41 Å². The van der Waals surface area contributed by atoms with Gasteiger partial charge in [-0.2, -0.15) is 0 Å². The maximum absolute atomic E-state index is 11.1. The predicted molar refractivity (Wildman–Crippen MR) is 65.5 cm³/mol. The van der Waals surface area contributed by atoms with Crippen molar-refractivity contribution < 1.29 is 9.90 Å². The Balaban J connectivity index is 2.46. The summed E-state index contributed by atoms with van der Waals surface area (Å²) < 4.78 is 0. The number of aliphatic carboxylic acids is 1. The monoisotopic (exact) mass is 227 g/mol. The lowest BCUT2D eigenvalue weighted by atomic mass is 9.85. The zero-order valence-corrected chi connectivity index (χ0v) is 11.0. The summed E-state index contributed by atoms with van der Waals surface area (Å²) >= 11 is 0. The molecule has 3 heteroatoms. The Bertz CT molecular complexity index is 242. The zero-order valence-electron chi connectivity index (χ0n) is 11.0. The Morgan fingerprint density at radius 1 is 1.31 bits per heavy atom. The molecule has 1 saturated carbocycles. The van der Waals surface area contributed by atoms with Crippen LogP contribution in [0.5, 0.6) is 0 Å². The molecule has 0 radical (unpaired) electrons. The van der Waals surface area contributed by atoms with Crippen LogP contribution in [-0.4, -0.2) is 35.6 Å². The smallest absolute Gasteiger partial charge is 0.310 e. The fourth-order valence-electron chi connectivity index (χ4n) is 2.50. The van der Waals surface area contributed by atoms with E-state index in [9.17, 15) is 4.79 Å². The van der Waals surface area contributed by atoms with Crippen molar-refractivity contribution in [2.45, 2.75) is 52.5 Å². The maximum Gasteiger partial charge on any atom is 0.310 e. The molecule has 0 heterocycles. The highest BCUT2D eigenvalue weighted by atomic mass is 16.4. The van der Waals surface area contributed by atoms with Crippen molar-refractivity contribution in [1.29, 1.82) is 0 Å². The van der Waals surface area contributed by atoms with Crippen LogP contribution in [0.3, 0.4) is 0 Å². The molecule has 0 atom stereocenters. The van der Waals surface area contributed by atoms with Crippen LogP contribution in [0.1, 0.15) is 46.5 Å². The van der Waals surface area contributed by atoms with Gasteiger partial charge >= 0.3 is 5.97 Å². The minimum absolute atomic E-state index is 0.579. The molecule has 16 heavy (non-hydrogen) atoms. The first-order valence-electron chi connectivity index (χ1n) is 6.26. The van der Waals surface area contributed by atoms with E-state index >= 15 is 0 Å². The van der Waals surface area contributed by atoms with Crippen molar-refractivity contribution in [1.82, 2.24) is 4.90 Å². The maximum atomic E-state index is 11.1. The molecule has 0 unspecified atom stereocenters. The molecule has 0 spiro atoms. The molecular weight excluding hydrogens is 202 g/mol. The molecule has 0 aromatic carbocycles. The minimum Gasteiger partial charge on any atom is -0.481 e. The molecular formula is C13H25NO2. The molecule has 1 fully saturated rings. The summed E-state index contributed by atoms with van der Waals surface area (Å²) in [6.07, 6.45) is 4.99. The summed E-state index contributed by atoms with van der Waals surface area (Å²) in [4.78, 5) is 13.3. The lowest BCUT2D eigenvalue weighted by Crippen LogP contribution is -2.43. The van der Waals surface area contributed by atoms with Gasteiger partial charge in [0.25, 0.3) is 0 Å². The Labute approximate surface area is 98.8 Å². The lowest BCUT2D eigenvalue weighted by molar-refractivity contribution is -0.148. The highest BCUT2D eigenvalue weighted by Gasteiger charge is 2.31. The second-order valence-electron chi connectivity index (χ2n) is 6.02. The first-order chi connectivity index (χ1) is 7.33. The number of carboxylic acid groups (broad SMARTS) is 1. The predicted octanol–water partition coefficient (Wildman–Crippen LogP) is 2.61. The van der Waals surface area contributed by atoms with E-state index in [4.69, 9.17) is 5.11 Å². The van der Waals surface area contributed by atoms with Gasteiger partial charge in [0.2, 0.25) is 0 Å². The Morgan fingerprint density at radius 2 is 1.81 bits per heavy atom. The normalized spacial score (nSPS) is 27.1. The van der Waals surface area contributed by atoms with Crippen LogP contribution in [0, 0.1) is 11.3 Å². The molecule has 0 bridgehead atoms. The highest BCUT2D eigenvalue weighted by molar-refractivity contribution is 5.73. The standard InChI is InChI=1S/C13H25NO2/c1-10-5-7-11(8-6-10)14(4)9-13(2,3)12(15)16/h10-11H,5-9H2,1-4H3,(H,15,16). The molecule has 1 aliphatic carbocycles. The third-order valence-corrected chi connectivity index (χ3v) is 3.83. The molecule has 1 aliphatic rings. The lowest BCUT2D eigenvalue weighted by Gasteiger charge is -2.36. The van der Waals surface area contributed by atoms with Gasteiger partial charge in [0.1, 0.15) is 0 Å². The molecule has 0 saturated heterocycles. The van der Waals surface area contributed by atoms with E-state index in [1.54, 1.807) is 13.8 Å². The Morgan fingerprint density at radius 3 is 2.25 bits per heavy atom. The Hall–Kier alpha value is -0.570. The van der Waals surface area contributed by atoms with Crippen LogP contribution in [-0.2, 0) is 4.79 Å². The summed E-state index contributed by atoms with van der Waals surface area (Å²) in [5, 5.41) is 9.10. The van der Waals surface area contributed by atoms with Crippen molar-refractivity contribution in [2.24, 2.45) is 11.3 Å². The number of nitrogens with zero attached hydrogens (tertiary/aromatic N) is 1. The van der Waals surface area contributed by atoms with Crippen LogP contribution in [0.2, 0.25) is 0 Å². The summed E-state index contributed by atoms with van der Waals surface area (Å²) in [7, 11) is 2.06. The molecule has 1 N–H and O–H groups in total. The van der Waals surface area contributed by atoms with E-state index in [0.29, 0.717) is 12.6 Å². The molecule has 1 rings (SSSR count). The van der Waals surface area contributed by atoms with Crippen LogP contribution in [0.4, 0.5) is 0 Å². The molecule has 0 amide bonds. The van der Waals surface area contributed by atoms with E-state index in [1.807, 2.05) is 0 Å². The average Bonchev–Trinajstić information content (AvgIpc) is 2.17. The van der Waals surface area contributed by atoms with Gasteiger partial charge in [0.15, 0.2) is 0 Å². The quantitative estimate of drug-likeness (QED) is 0.802. The first kappa shape index (κ1) is 13.5. The highest BCUT2D eigenvalue weighted by Crippen LogP contribution is 2.28. The van der Waals surface area contributed by atoms with Crippen LogP contribution in [0.25, 0.3) is 0 Å². The summed E-state index contributed by atoms with van der Waals surface area (Å²) in [6, 6.07) is 0.579. The van der Waals surface area contributed by atoms with Gasteiger partial charge in [-0.25, -0.2) is 0 Å². The number of hydrogen-bond acceptors (Lipinski definition) is 2. The van der Waals surface area contributed by atoms with Gasteiger partial charge in [-0.15, -0.1) is 0 Å². The van der Waals surface area contributed by atoms with Crippen LogP contribution >= 0.6 is 0 Å². The van der Waals surface area contributed by atoms with Gasteiger partial charge in [0, 0.05) is 12.6 Å². The molecule has 94 valence electrons. The van der Waals surface area contributed by atoms with Crippen molar-refractivity contribution in [3.8, 4) is 0 Å². The summed E-state index contributed by atoms with van der Waals surface area (Å²) in [5.41, 5.74) is -0.641. The second kappa shape index (κ2) is 5.17. The Kier molecular flexibility index (Phi) is 4.36. The largest absolute Gasteiger partial charge is 0.481 e. The van der Waals surface area contributed by atoms with Gasteiger partial charge < -0.3 is 10.0 Å². The molecule has 0 aromatic heterocycles. The topological polar surface area (TPSA) is 40.5 Å². The minimum atomic E-state index is -0.705. The third kappa shape index (κ3) is 3.48. The van der Waals surface area contributed by atoms with Crippen LogP contribution in [0.15, 0.2) is 0 Å². The fraction of sp³-hybridized carbons (Fsp3) is 0.923. The van der Waals surface area contributed by atoms with E-state index in [1.165, 1.54) is 25.7 Å². The fourth-order valence-corrected chi connectivity index (χ4v) is 2.50. The number of hydrogen-bond donors (Lipinski definition) is 1. The van der Waals surface area contributed by atoms with Gasteiger partial charge in [-0.3, -0.25) is 4.79 Å². The average molecular weight is 227 g/mol. The van der Waals surface area contributed by atoms with Crippen LogP contribution < -0.4 is 0 Å². The second-order valence-corrected chi connectivity index (χ2v) is 6.02. The molecule has 3 nitrogen and oxygen atoms in total. The van der Waals surface area contributed by atoms with E-state index < -0.39 is 11.4 Å². The summed E-state index contributed by atoms with van der Waals surface area (Å²) in [5.74, 6) is 0.140. The van der Waals surface area contributed by atoms with Crippen molar-refractivity contribution in [3.63, 3.8) is 0 Å². The van der Waals surface area contributed by atoms with E-state index in [-0.39, 0.29) is 0 Å². The number of carbonyl (C=O) groups is 1. The van der Waals surface area contributed by atoms with Crippen molar-refractivity contribution >= 4 is 5.97 Å². The summed E-state index contributed by atoms with van der Waals surface area (Å²) in [6.45, 7) is 6.55. The van der Waals surface area contributed by atoms with Crippen molar-refractivity contribution in [3.05, 3.63) is 0 Å². The SMILES string of the molecule is CC1CCC(N(C)CC(C)(C)C(=O)O)CC1. The van der Waals surface area contributed by atoms with E-state index in [0.717, 1.165) is 5.92 Å². The number of rotatable bonds is 4. The molecule has 0 aliphatic heterocycles. The van der Waals surface area contributed by atoms with Gasteiger partial charge in [-0.1, -0.05) is 6.92 Å².